The summed E-state index contributed by atoms with van der Waals surface area (Å²) < 4.78 is 0. The summed E-state index contributed by atoms with van der Waals surface area (Å²) in [6, 6.07) is 0. The minimum Gasteiger partial charge on any atom is -0.0883 e. The van der Waals surface area contributed by atoms with Crippen molar-refractivity contribution in [3.8, 4) is 0 Å². The molecule has 1 aliphatic carbocycles. The van der Waals surface area contributed by atoms with Crippen LogP contribution in [0.2, 0.25) is 0 Å². The molecule has 0 aromatic rings. The highest BCUT2D eigenvalue weighted by molar-refractivity contribution is 4.96. The van der Waals surface area contributed by atoms with Crippen molar-refractivity contribution in [2.45, 2.75) is 90.9 Å². The molecule has 0 atom stereocenters. The van der Waals surface area contributed by atoms with Gasteiger partial charge in [-0.3, -0.25) is 0 Å². The minimum absolute atomic E-state index is 0.876. The van der Waals surface area contributed by atoms with Crippen LogP contribution in [0.15, 0.2) is 24.3 Å². The zero-order valence-electron chi connectivity index (χ0n) is 13.9. The molecular weight excluding hydrogens is 240 g/mol. The largest absolute Gasteiger partial charge is 0.0883 e. The molecule has 0 aromatic heterocycles. The van der Waals surface area contributed by atoms with Crippen molar-refractivity contribution in [1.29, 1.82) is 0 Å². The van der Waals surface area contributed by atoms with E-state index in [0.29, 0.717) is 0 Å². The van der Waals surface area contributed by atoms with Crippen molar-refractivity contribution < 1.29 is 0 Å². The second-order valence-electron chi connectivity index (χ2n) is 6.52. The monoisotopic (exact) mass is 276 g/mol. The van der Waals surface area contributed by atoms with E-state index in [9.17, 15) is 0 Å². The van der Waals surface area contributed by atoms with E-state index >= 15 is 0 Å². The van der Waals surface area contributed by atoms with Crippen molar-refractivity contribution in [1.82, 2.24) is 0 Å². The van der Waals surface area contributed by atoms with Crippen molar-refractivity contribution in [2.75, 3.05) is 0 Å². The smallest absolute Gasteiger partial charge is 0.0233 e. The standard InChI is InChI=1S/C20H36/c1-3-5-7-9-11-13-19-15-17-20(18-16-19)14-12-10-8-6-4-2/h11-14,19-20H,3-10,15-18H2,1-2H3/b13-11+,14-12+. The molecule has 1 fully saturated rings. The lowest BCUT2D eigenvalue weighted by Gasteiger charge is -2.24. The number of rotatable bonds is 10. The van der Waals surface area contributed by atoms with Crippen LogP contribution in [0.25, 0.3) is 0 Å². The molecule has 116 valence electrons. The third kappa shape index (κ3) is 8.61. The number of unbranched alkanes of at least 4 members (excludes halogenated alkanes) is 6. The summed E-state index contributed by atoms with van der Waals surface area (Å²) in [6.45, 7) is 4.56. The van der Waals surface area contributed by atoms with Gasteiger partial charge in [-0.25, -0.2) is 0 Å². The van der Waals surface area contributed by atoms with Crippen LogP contribution in [0.4, 0.5) is 0 Å². The van der Waals surface area contributed by atoms with Crippen LogP contribution in [-0.4, -0.2) is 0 Å². The van der Waals surface area contributed by atoms with Crippen LogP contribution >= 0.6 is 0 Å². The zero-order valence-corrected chi connectivity index (χ0v) is 13.9. The molecular formula is C20H36. The Labute approximate surface area is 127 Å². The lowest BCUT2D eigenvalue weighted by atomic mass is 9.81. The molecule has 1 aliphatic rings. The topological polar surface area (TPSA) is 0 Å². The van der Waals surface area contributed by atoms with E-state index in [1.165, 1.54) is 77.0 Å². The van der Waals surface area contributed by atoms with Gasteiger partial charge in [0.1, 0.15) is 0 Å². The Hall–Kier alpha value is -0.520. The number of hydrogen-bond acceptors (Lipinski definition) is 0. The molecule has 0 N–H and O–H groups in total. The van der Waals surface area contributed by atoms with Gasteiger partial charge in [0.25, 0.3) is 0 Å². The Morgan fingerprint density at radius 3 is 1.40 bits per heavy atom. The van der Waals surface area contributed by atoms with Gasteiger partial charge < -0.3 is 0 Å². The molecule has 0 spiro atoms. The average Bonchev–Trinajstić information content (AvgIpc) is 2.48. The molecule has 1 saturated carbocycles. The first-order chi connectivity index (χ1) is 9.86. The summed E-state index contributed by atoms with van der Waals surface area (Å²) in [5, 5.41) is 0. The average molecular weight is 277 g/mol. The predicted octanol–water partition coefficient (Wildman–Crippen LogP) is 7.07. The molecule has 0 amide bonds. The van der Waals surface area contributed by atoms with Gasteiger partial charge in [-0.2, -0.15) is 0 Å². The highest BCUT2D eigenvalue weighted by Gasteiger charge is 2.16. The van der Waals surface area contributed by atoms with Crippen LogP contribution in [0.1, 0.15) is 90.9 Å². The Morgan fingerprint density at radius 1 is 0.650 bits per heavy atom. The lowest BCUT2D eigenvalue weighted by Crippen LogP contribution is -2.11. The van der Waals surface area contributed by atoms with Gasteiger partial charge in [-0.15, -0.1) is 0 Å². The summed E-state index contributed by atoms with van der Waals surface area (Å²) in [7, 11) is 0. The maximum Gasteiger partial charge on any atom is -0.0233 e. The zero-order chi connectivity index (χ0) is 14.5. The Bertz CT molecular complexity index is 225. The van der Waals surface area contributed by atoms with Gasteiger partial charge in [0.2, 0.25) is 0 Å². The van der Waals surface area contributed by atoms with Gasteiger partial charge in [-0.1, -0.05) is 63.8 Å². The molecule has 20 heavy (non-hydrogen) atoms. The predicted molar refractivity (Wildman–Crippen MR) is 92.0 cm³/mol. The summed E-state index contributed by atoms with van der Waals surface area (Å²) in [6.07, 6.45) is 26.4. The first kappa shape index (κ1) is 17.5. The first-order valence-corrected chi connectivity index (χ1v) is 9.20. The Kier molecular flexibility index (Phi) is 10.7. The summed E-state index contributed by atoms with van der Waals surface area (Å²) in [5.41, 5.74) is 0. The lowest BCUT2D eigenvalue weighted by molar-refractivity contribution is 0.355. The van der Waals surface area contributed by atoms with Crippen LogP contribution in [0.5, 0.6) is 0 Å². The third-order valence-electron chi connectivity index (χ3n) is 4.58. The highest BCUT2D eigenvalue weighted by Crippen LogP contribution is 2.30. The molecule has 0 bridgehead atoms. The van der Waals surface area contributed by atoms with E-state index in [2.05, 4.69) is 38.2 Å². The van der Waals surface area contributed by atoms with Gasteiger partial charge >= 0.3 is 0 Å². The molecule has 0 heteroatoms. The normalized spacial score (nSPS) is 23.9. The molecule has 0 saturated heterocycles. The second kappa shape index (κ2) is 12.2. The van der Waals surface area contributed by atoms with Crippen molar-refractivity contribution in [3.63, 3.8) is 0 Å². The SMILES string of the molecule is CCCCC/C=C/C1CCC(/C=C/CCCCC)CC1. The molecule has 0 unspecified atom stereocenters. The fourth-order valence-corrected chi connectivity index (χ4v) is 3.13. The van der Waals surface area contributed by atoms with E-state index in [4.69, 9.17) is 0 Å². The molecule has 0 heterocycles. The molecule has 0 nitrogen and oxygen atoms in total. The molecule has 0 aromatic carbocycles. The third-order valence-corrected chi connectivity index (χ3v) is 4.58. The van der Waals surface area contributed by atoms with Gasteiger partial charge in [-0.05, 0) is 63.2 Å². The van der Waals surface area contributed by atoms with Crippen molar-refractivity contribution in [3.05, 3.63) is 24.3 Å². The molecule has 0 radical (unpaired) electrons. The highest BCUT2D eigenvalue weighted by atomic mass is 14.2. The fraction of sp³-hybridized carbons (Fsp3) is 0.800. The Balaban J connectivity index is 2.07. The Morgan fingerprint density at radius 2 is 1.05 bits per heavy atom. The summed E-state index contributed by atoms with van der Waals surface area (Å²) in [4.78, 5) is 0. The van der Waals surface area contributed by atoms with Gasteiger partial charge in [0, 0.05) is 0 Å². The van der Waals surface area contributed by atoms with Crippen LogP contribution in [0, 0.1) is 11.8 Å². The summed E-state index contributed by atoms with van der Waals surface area (Å²) >= 11 is 0. The molecule has 1 rings (SSSR count). The van der Waals surface area contributed by atoms with E-state index in [1.54, 1.807) is 0 Å². The maximum absolute atomic E-state index is 2.51. The van der Waals surface area contributed by atoms with Crippen LogP contribution in [-0.2, 0) is 0 Å². The van der Waals surface area contributed by atoms with Gasteiger partial charge in [0.15, 0.2) is 0 Å². The van der Waals surface area contributed by atoms with Crippen molar-refractivity contribution in [2.24, 2.45) is 11.8 Å². The number of hydrogen-bond donors (Lipinski definition) is 0. The quantitative estimate of drug-likeness (QED) is 0.296. The second-order valence-corrected chi connectivity index (χ2v) is 6.52. The molecule has 0 aliphatic heterocycles. The summed E-state index contributed by atoms with van der Waals surface area (Å²) in [5.74, 6) is 1.75. The van der Waals surface area contributed by atoms with Gasteiger partial charge in [0.05, 0.1) is 0 Å². The fourth-order valence-electron chi connectivity index (χ4n) is 3.13. The number of allylic oxidation sites excluding steroid dienone is 4. The van der Waals surface area contributed by atoms with Crippen LogP contribution in [0.3, 0.4) is 0 Å². The van der Waals surface area contributed by atoms with Crippen LogP contribution < -0.4 is 0 Å². The van der Waals surface area contributed by atoms with E-state index < -0.39 is 0 Å². The van der Waals surface area contributed by atoms with Crippen molar-refractivity contribution >= 4 is 0 Å². The maximum atomic E-state index is 2.51. The van der Waals surface area contributed by atoms with E-state index in [0.717, 1.165) is 11.8 Å². The first-order valence-electron chi connectivity index (χ1n) is 9.20. The van der Waals surface area contributed by atoms with E-state index in [1.807, 2.05) is 0 Å². The minimum atomic E-state index is 0.876. The van der Waals surface area contributed by atoms with E-state index in [-0.39, 0.29) is 0 Å².